The summed E-state index contributed by atoms with van der Waals surface area (Å²) in [6, 6.07) is 10.6. The van der Waals surface area contributed by atoms with Gasteiger partial charge in [0.25, 0.3) is 0 Å². The standard InChI is InChI=1S/C16H18N2OS.C7H15N3/c1-12-16(9-15(11-19)17(12)2)20-18-8-7-13-5-3-4-6-14(13)10-18;1-3-10-6-7(4-8)5-9-2/h3-6,9,11H,7-8,10H2,1-2H3;4,6,9H,3,5,8H2,1-2H3/b;7-4-,10-6?. The monoisotopic (exact) mass is 427 g/mol. The highest BCUT2D eigenvalue weighted by atomic mass is 32.2. The lowest BCUT2D eigenvalue weighted by atomic mass is 10.0. The van der Waals surface area contributed by atoms with E-state index in [1.165, 1.54) is 16.0 Å². The summed E-state index contributed by atoms with van der Waals surface area (Å²) in [4.78, 5) is 16.2. The maximum atomic E-state index is 11.0. The summed E-state index contributed by atoms with van der Waals surface area (Å²) in [7, 11) is 3.82. The smallest absolute Gasteiger partial charge is 0.166 e. The van der Waals surface area contributed by atoms with Gasteiger partial charge >= 0.3 is 0 Å². The number of hydrogen-bond donors (Lipinski definition) is 2. The van der Waals surface area contributed by atoms with E-state index in [4.69, 9.17) is 5.73 Å². The van der Waals surface area contributed by atoms with Crippen molar-refractivity contribution in [3.05, 3.63) is 64.6 Å². The van der Waals surface area contributed by atoms with Crippen LogP contribution in [0, 0.1) is 6.92 Å². The fourth-order valence-electron chi connectivity index (χ4n) is 3.15. The van der Waals surface area contributed by atoms with Crippen LogP contribution in [0.2, 0.25) is 0 Å². The average molecular weight is 428 g/mol. The lowest BCUT2D eigenvalue weighted by Gasteiger charge is -2.27. The molecule has 0 unspecified atom stereocenters. The Balaban J connectivity index is 0.000000274. The molecule has 0 atom stereocenters. The number of benzene rings is 1. The van der Waals surface area contributed by atoms with Crippen LogP contribution in [-0.4, -0.2) is 48.1 Å². The fraction of sp³-hybridized carbons (Fsp3) is 0.391. The van der Waals surface area contributed by atoms with Crippen molar-refractivity contribution in [2.45, 2.75) is 31.7 Å². The third-order valence-electron chi connectivity index (χ3n) is 5.00. The number of aromatic nitrogens is 1. The molecule has 30 heavy (non-hydrogen) atoms. The first-order valence-corrected chi connectivity index (χ1v) is 11.0. The molecule has 7 heteroatoms. The Hall–Kier alpha value is -2.35. The number of nitrogens with zero attached hydrogens (tertiary/aromatic N) is 3. The number of likely N-dealkylation sites (N-methyl/N-ethyl adjacent to an activating group) is 1. The second-order valence-electron chi connectivity index (χ2n) is 7.07. The number of hydrogen-bond acceptors (Lipinski definition) is 6. The first-order chi connectivity index (χ1) is 14.5. The molecule has 0 fully saturated rings. The molecule has 0 radical (unpaired) electrons. The van der Waals surface area contributed by atoms with E-state index in [0.717, 1.165) is 55.8 Å². The van der Waals surface area contributed by atoms with Crippen LogP contribution < -0.4 is 11.1 Å². The predicted molar refractivity (Wildman–Crippen MR) is 127 cm³/mol. The SMILES string of the molecule is CCN=C/C(=C\N)CNC.Cc1c(SN2CCc3ccccc3C2)cc(C=O)n1C. The van der Waals surface area contributed by atoms with Gasteiger partial charge in [0.15, 0.2) is 6.29 Å². The van der Waals surface area contributed by atoms with Crippen molar-refractivity contribution in [1.29, 1.82) is 0 Å². The van der Waals surface area contributed by atoms with Crippen LogP contribution in [0.25, 0.3) is 0 Å². The second kappa shape index (κ2) is 12.4. The van der Waals surface area contributed by atoms with Gasteiger partial charge in [-0.2, -0.15) is 0 Å². The molecule has 6 nitrogen and oxygen atoms in total. The lowest BCUT2D eigenvalue weighted by Crippen LogP contribution is -2.24. The quantitative estimate of drug-likeness (QED) is 0.403. The van der Waals surface area contributed by atoms with Crippen LogP contribution in [0.5, 0.6) is 0 Å². The summed E-state index contributed by atoms with van der Waals surface area (Å²) in [6.45, 7) is 7.65. The zero-order valence-corrected chi connectivity index (χ0v) is 19.2. The largest absolute Gasteiger partial charge is 0.404 e. The lowest BCUT2D eigenvalue weighted by molar-refractivity contribution is 0.111. The molecular weight excluding hydrogens is 394 g/mol. The van der Waals surface area contributed by atoms with Gasteiger partial charge in [0.05, 0.1) is 5.69 Å². The molecule has 1 aliphatic rings. The number of rotatable bonds is 7. The van der Waals surface area contributed by atoms with E-state index in [9.17, 15) is 4.79 Å². The molecule has 0 bridgehead atoms. The number of nitrogens with one attached hydrogen (secondary N) is 1. The summed E-state index contributed by atoms with van der Waals surface area (Å²) < 4.78 is 4.33. The highest BCUT2D eigenvalue weighted by Crippen LogP contribution is 2.32. The summed E-state index contributed by atoms with van der Waals surface area (Å²) in [6.07, 6.45) is 5.37. The van der Waals surface area contributed by atoms with Crippen LogP contribution in [0.15, 0.2) is 52.0 Å². The van der Waals surface area contributed by atoms with Gasteiger partial charge in [-0.05, 0) is 68.2 Å². The van der Waals surface area contributed by atoms with Crippen molar-refractivity contribution in [2.24, 2.45) is 17.8 Å². The summed E-state index contributed by atoms with van der Waals surface area (Å²) >= 11 is 1.76. The molecule has 0 saturated heterocycles. The maximum Gasteiger partial charge on any atom is 0.166 e. The van der Waals surface area contributed by atoms with Gasteiger partial charge in [0, 0.05) is 50.0 Å². The van der Waals surface area contributed by atoms with Crippen molar-refractivity contribution in [2.75, 3.05) is 26.7 Å². The Morgan fingerprint density at radius 3 is 2.67 bits per heavy atom. The fourth-order valence-corrected chi connectivity index (χ4v) is 4.25. The van der Waals surface area contributed by atoms with Gasteiger partial charge < -0.3 is 15.6 Å². The molecule has 1 aromatic heterocycles. The third-order valence-corrected chi connectivity index (χ3v) is 6.18. The number of aldehydes is 1. The highest BCUT2D eigenvalue weighted by Gasteiger charge is 2.19. The Labute approximate surface area is 184 Å². The van der Waals surface area contributed by atoms with Gasteiger partial charge in [0.1, 0.15) is 0 Å². The van der Waals surface area contributed by atoms with Crippen LogP contribution in [0.4, 0.5) is 0 Å². The highest BCUT2D eigenvalue weighted by molar-refractivity contribution is 7.97. The van der Waals surface area contributed by atoms with Gasteiger partial charge in [-0.3, -0.25) is 9.79 Å². The second-order valence-corrected chi connectivity index (χ2v) is 8.21. The Bertz CT molecular complexity index is 888. The summed E-state index contributed by atoms with van der Waals surface area (Å²) in [5.41, 5.74) is 11.1. The molecule has 1 aliphatic heterocycles. The Morgan fingerprint density at radius 1 is 1.33 bits per heavy atom. The van der Waals surface area contributed by atoms with Gasteiger partial charge in [-0.15, -0.1) is 0 Å². The average Bonchev–Trinajstić information content (AvgIpc) is 3.04. The number of fused-ring (bicyclic) bond motifs is 1. The maximum absolute atomic E-state index is 11.0. The van der Waals surface area contributed by atoms with Crippen molar-refractivity contribution < 1.29 is 4.79 Å². The van der Waals surface area contributed by atoms with Crippen LogP contribution in [0.3, 0.4) is 0 Å². The van der Waals surface area contributed by atoms with E-state index in [2.05, 4.69) is 45.8 Å². The van der Waals surface area contributed by atoms with E-state index >= 15 is 0 Å². The Morgan fingerprint density at radius 2 is 2.07 bits per heavy atom. The van der Waals surface area contributed by atoms with Crippen molar-refractivity contribution in [3.63, 3.8) is 0 Å². The number of nitrogens with two attached hydrogens (primary N) is 1. The molecule has 0 saturated carbocycles. The molecule has 3 N–H and O–H groups in total. The predicted octanol–water partition coefficient (Wildman–Crippen LogP) is 3.35. The van der Waals surface area contributed by atoms with E-state index in [-0.39, 0.29) is 0 Å². The first kappa shape index (κ1) is 23.9. The Kier molecular flexibility index (Phi) is 9.86. The van der Waals surface area contributed by atoms with Crippen LogP contribution in [0.1, 0.15) is 34.2 Å². The molecular formula is C23H33N5OS. The third kappa shape index (κ3) is 6.58. The molecule has 0 spiro atoms. The molecule has 3 rings (SSSR count). The van der Waals surface area contributed by atoms with Crippen LogP contribution in [-0.2, 0) is 20.0 Å². The van der Waals surface area contributed by atoms with Crippen molar-refractivity contribution in [1.82, 2.24) is 14.2 Å². The van der Waals surface area contributed by atoms with Crippen LogP contribution >= 0.6 is 11.9 Å². The minimum absolute atomic E-state index is 0.738. The minimum atomic E-state index is 0.738. The van der Waals surface area contributed by atoms with Crippen molar-refractivity contribution >= 4 is 24.4 Å². The zero-order chi connectivity index (χ0) is 21.9. The van der Waals surface area contributed by atoms with E-state index in [0.29, 0.717) is 0 Å². The minimum Gasteiger partial charge on any atom is -0.404 e. The van der Waals surface area contributed by atoms with Gasteiger partial charge in [0.2, 0.25) is 0 Å². The number of carbonyl (C=O) groups excluding carboxylic acids is 1. The molecule has 0 aliphatic carbocycles. The number of carbonyl (C=O) groups is 1. The molecule has 2 aromatic rings. The van der Waals surface area contributed by atoms with Crippen molar-refractivity contribution in [3.8, 4) is 0 Å². The molecule has 162 valence electrons. The van der Waals surface area contributed by atoms with E-state index in [1.807, 2.05) is 31.7 Å². The molecule has 0 amide bonds. The normalized spacial score (nSPS) is 14.3. The van der Waals surface area contributed by atoms with E-state index < -0.39 is 0 Å². The number of aliphatic imine (C=N–C) groups is 1. The zero-order valence-electron chi connectivity index (χ0n) is 18.4. The summed E-state index contributed by atoms with van der Waals surface area (Å²) in [5, 5.41) is 2.99. The van der Waals surface area contributed by atoms with Gasteiger partial charge in [-0.1, -0.05) is 24.3 Å². The first-order valence-electron chi connectivity index (χ1n) is 10.2. The summed E-state index contributed by atoms with van der Waals surface area (Å²) in [5.74, 6) is 0. The topological polar surface area (TPSA) is 75.7 Å². The van der Waals surface area contributed by atoms with Gasteiger partial charge in [-0.25, -0.2) is 4.31 Å². The molecule has 2 heterocycles. The molecule has 1 aromatic carbocycles. The van der Waals surface area contributed by atoms with E-state index in [1.54, 1.807) is 24.4 Å².